The van der Waals surface area contributed by atoms with Gasteiger partial charge < -0.3 is 18.8 Å². The summed E-state index contributed by atoms with van der Waals surface area (Å²) < 4.78 is 69.8. The van der Waals surface area contributed by atoms with Crippen LogP contribution in [-0.4, -0.2) is 31.4 Å². The number of halogens is 1. The molecule has 0 spiro atoms. The number of hydrogen-bond donors (Lipinski definition) is 2. The fourth-order valence-corrected chi connectivity index (χ4v) is 5.29. The molecular weight excluding hydrogens is 385 g/mol. The summed E-state index contributed by atoms with van der Waals surface area (Å²) >= 11 is 0. The number of benzene rings is 1. The molecule has 0 saturated carbocycles. The van der Waals surface area contributed by atoms with E-state index in [9.17, 15) is 21.4 Å². The highest BCUT2D eigenvalue weighted by atomic mass is 32.3. The lowest BCUT2D eigenvalue weighted by atomic mass is 10.2. The summed E-state index contributed by atoms with van der Waals surface area (Å²) in [5.74, 6) is 0. The van der Waals surface area contributed by atoms with Gasteiger partial charge in [0.15, 0.2) is 0 Å². The van der Waals surface area contributed by atoms with Gasteiger partial charge in [0.25, 0.3) is 0 Å². The van der Waals surface area contributed by atoms with Gasteiger partial charge in [-0.1, -0.05) is 12.1 Å². The maximum atomic E-state index is 13.5. The van der Waals surface area contributed by atoms with Crippen molar-refractivity contribution < 1.29 is 40.3 Å². The van der Waals surface area contributed by atoms with Crippen molar-refractivity contribution >= 4 is 25.4 Å². The molecule has 8 nitrogen and oxygen atoms in total. The molecule has 2 N–H and O–H groups in total. The molecule has 0 fully saturated rings. The van der Waals surface area contributed by atoms with Crippen molar-refractivity contribution in [2.75, 3.05) is 13.2 Å². The van der Waals surface area contributed by atoms with Crippen LogP contribution >= 0.6 is 15.2 Å². The van der Waals surface area contributed by atoms with Crippen LogP contribution in [0.3, 0.4) is 0 Å². The molecule has 0 saturated heterocycles. The molecular formula is C12H19FO8P2S. The van der Waals surface area contributed by atoms with Crippen LogP contribution in [0.1, 0.15) is 25.0 Å². The van der Waals surface area contributed by atoms with Crippen LogP contribution in [0.15, 0.2) is 23.1 Å². The van der Waals surface area contributed by atoms with E-state index in [-0.39, 0.29) is 24.3 Å². The molecule has 0 aliphatic heterocycles. The van der Waals surface area contributed by atoms with E-state index in [1.54, 1.807) is 13.8 Å². The zero-order valence-electron chi connectivity index (χ0n) is 13.1. The monoisotopic (exact) mass is 404 g/mol. The third-order valence-electron chi connectivity index (χ3n) is 2.80. The zero-order valence-corrected chi connectivity index (χ0v) is 15.7. The van der Waals surface area contributed by atoms with Gasteiger partial charge in [-0.05, 0) is 31.0 Å². The minimum Gasteiger partial charge on any atom is -0.324 e. The largest absolute Gasteiger partial charge is 0.335 e. The quantitative estimate of drug-likeness (QED) is 0.475. The molecule has 0 bridgehead atoms. The van der Waals surface area contributed by atoms with Gasteiger partial charge in [-0.15, -0.1) is 3.89 Å². The minimum absolute atomic E-state index is 0.0469. The van der Waals surface area contributed by atoms with Gasteiger partial charge in [-0.3, -0.25) is 9.13 Å². The Morgan fingerprint density at radius 2 is 1.62 bits per heavy atom. The molecule has 1 rings (SSSR count). The molecule has 1 aromatic carbocycles. The molecule has 12 heteroatoms. The topological polar surface area (TPSA) is 127 Å². The van der Waals surface area contributed by atoms with Crippen molar-refractivity contribution in [2.45, 2.75) is 31.1 Å². The fraction of sp³-hybridized carbons (Fsp3) is 0.500. The lowest BCUT2D eigenvalue weighted by Crippen LogP contribution is -2.05. The Labute approximate surface area is 139 Å². The predicted octanol–water partition coefficient (Wildman–Crippen LogP) is 2.79. The number of hydrogen-bond acceptors (Lipinski definition) is 6. The molecule has 0 atom stereocenters. The second-order valence-electron chi connectivity index (χ2n) is 4.81. The van der Waals surface area contributed by atoms with E-state index in [0.717, 1.165) is 12.1 Å². The molecule has 138 valence electrons. The molecule has 0 radical (unpaired) electrons. The SMILES string of the molecule is CCOP(=O)(Cc1ccc(CP(=O)(O)O)cc1S(=O)(=O)F)OCC. The Hall–Kier alpha value is -0.600. The summed E-state index contributed by atoms with van der Waals surface area (Å²) in [4.78, 5) is 17.1. The summed E-state index contributed by atoms with van der Waals surface area (Å²) in [5.41, 5.74) is -0.219. The van der Waals surface area contributed by atoms with Gasteiger partial charge in [0, 0.05) is 0 Å². The van der Waals surface area contributed by atoms with Crippen molar-refractivity contribution in [3.05, 3.63) is 29.3 Å². The molecule has 0 unspecified atom stereocenters. The minimum atomic E-state index is -5.20. The van der Waals surface area contributed by atoms with Gasteiger partial charge in [0.1, 0.15) is 4.90 Å². The van der Waals surface area contributed by atoms with Crippen LogP contribution in [0.25, 0.3) is 0 Å². The summed E-state index contributed by atoms with van der Waals surface area (Å²) in [6.07, 6.45) is -1.23. The molecule has 0 aliphatic carbocycles. The van der Waals surface area contributed by atoms with Crippen LogP contribution in [-0.2, 0) is 40.7 Å². The average molecular weight is 404 g/mol. The standard InChI is InChI=1S/C12H19FO8P2S/c1-3-20-23(17,21-4-2)9-11-6-5-10(8-22(14,15)16)7-12(11)24(13,18)19/h5-7H,3-4,8-9H2,1-2H3,(H2,14,15,16). The summed E-state index contributed by atoms with van der Waals surface area (Å²) in [6, 6.07) is 3.18. The van der Waals surface area contributed by atoms with Gasteiger partial charge in [0.05, 0.1) is 25.5 Å². The summed E-state index contributed by atoms with van der Waals surface area (Å²) in [5, 5.41) is 0. The second-order valence-corrected chi connectivity index (χ2v) is 9.82. The van der Waals surface area contributed by atoms with E-state index in [0.29, 0.717) is 0 Å². The summed E-state index contributed by atoms with van der Waals surface area (Å²) in [6.45, 7) is 3.24. The molecule has 24 heavy (non-hydrogen) atoms. The highest BCUT2D eigenvalue weighted by Gasteiger charge is 2.29. The third-order valence-corrected chi connectivity index (χ3v) is 6.51. The lowest BCUT2D eigenvalue weighted by molar-refractivity contribution is 0.219. The van der Waals surface area contributed by atoms with Crippen molar-refractivity contribution in [2.24, 2.45) is 0 Å². The van der Waals surface area contributed by atoms with Crippen molar-refractivity contribution in [3.63, 3.8) is 0 Å². The van der Waals surface area contributed by atoms with Crippen molar-refractivity contribution in [1.29, 1.82) is 0 Å². The van der Waals surface area contributed by atoms with Gasteiger partial charge in [-0.25, -0.2) is 0 Å². The Morgan fingerprint density at radius 1 is 1.08 bits per heavy atom. The molecule has 0 heterocycles. The third kappa shape index (κ3) is 6.72. The highest BCUT2D eigenvalue weighted by Crippen LogP contribution is 2.52. The fourth-order valence-electron chi connectivity index (χ4n) is 2.02. The Morgan fingerprint density at radius 3 is 2.04 bits per heavy atom. The van der Waals surface area contributed by atoms with Crippen LogP contribution in [0.5, 0.6) is 0 Å². The first-order valence-corrected chi connectivity index (χ1v) is 11.8. The smallest absolute Gasteiger partial charge is 0.324 e. The van der Waals surface area contributed by atoms with Gasteiger partial charge >= 0.3 is 25.4 Å². The normalized spacial score (nSPS) is 13.2. The second kappa shape index (κ2) is 8.19. The maximum Gasteiger partial charge on any atom is 0.335 e. The van der Waals surface area contributed by atoms with E-state index in [1.165, 1.54) is 6.07 Å². The Kier molecular flexibility index (Phi) is 7.31. The van der Waals surface area contributed by atoms with E-state index in [2.05, 4.69) is 0 Å². The summed E-state index contributed by atoms with van der Waals surface area (Å²) in [7, 11) is -13.3. The maximum absolute atomic E-state index is 13.5. The zero-order chi connectivity index (χ0) is 18.6. The van der Waals surface area contributed by atoms with Crippen LogP contribution in [0.4, 0.5) is 3.89 Å². The van der Waals surface area contributed by atoms with E-state index < -0.39 is 42.6 Å². The highest BCUT2D eigenvalue weighted by molar-refractivity contribution is 7.86. The van der Waals surface area contributed by atoms with Gasteiger partial charge in [-0.2, -0.15) is 8.42 Å². The van der Waals surface area contributed by atoms with E-state index in [1.807, 2.05) is 0 Å². The Bertz CT molecular complexity index is 763. The van der Waals surface area contributed by atoms with E-state index >= 15 is 0 Å². The first-order chi connectivity index (χ1) is 10.9. The van der Waals surface area contributed by atoms with Crippen molar-refractivity contribution in [1.82, 2.24) is 0 Å². The average Bonchev–Trinajstić information content (AvgIpc) is 2.38. The molecule has 0 aliphatic rings. The molecule has 1 aromatic rings. The van der Waals surface area contributed by atoms with Crippen LogP contribution in [0, 0.1) is 0 Å². The van der Waals surface area contributed by atoms with Crippen LogP contribution in [0.2, 0.25) is 0 Å². The molecule has 0 amide bonds. The Balaban J connectivity index is 3.33. The van der Waals surface area contributed by atoms with Crippen molar-refractivity contribution in [3.8, 4) is 0 Å². The molecule has 0 aromatic heterocycles. The van der Waals surface area contributed by atoms with Crippen LogP contribution < -0.4 is 0 Å². The van der Waals surface area contributed by atoms with E-state index in [4.69, 9.17) is 18.8 Å². The predicted molar refractivity (Wildman–Crippen MR) is 85.0 cm³/mol. The number of rotatable bonds is 9. The first kappa shape index (κ1) is 21.4. The van der Waals surface area contributed by atoms with Gasteiger partial charge in [0.2, 0.25) is 0 Å². The lowest BCUT2D eigenvalue weighted by Gasteiger charge is -2.18. The first-order valence-electron chi connectivity index (χ1n) is 6.89.